The van der Waals surface area contributed by atoms with Crippen LogP contribution in [0.3, 0.4) is 0 Å². The first-order valence-electron chi connectivity index (χ1n) is 8.16. The van der Waals surface area contributed by atoms with Gasteiger partial charge in [0, 0.05) is 19.2 Å². The maximum Gasteiger partial charge on any atom is 0.230 e. The van der Waals surface area contributed by atoms with Crippen LogP contribution in [0.1, 0.15) is 17.9 Å². The summed E-state index contributed by atoms with van der Waals surface area (Å²) in [6.07, 6.45) is 0.0145. The van der Waals surface area contributed by atoms with Crippen LogP contribution in [0.5, 0.6) is 5.75 Å². The molecule has 26 heavy (non-hydrogen) atoms. The number of hydrogen-bond acceptors (Lipinski definition) is 3. The Morgan fingerprint density at radius 3 is 2.62 bits per heavy atom. The first-order valence-corrected chi connectivity index (χ1v) is 8.16. The fourth-order valence-electron chi connectivity index (χ4n) is 2.87. The number of nitrogens with one attached hydrogen (secondary N) is 1. The van der Waals surface area contributed by atoms with Gasteiger partial charge in [-0.05, 0) is 42.0 Å². The molecule has 0 bridgehead atoms. The normalized spacial score (nSPS) is 15.8. The van der Waals surface area contributed by atoms with Gasteiger partial charge < -0.3 is 15.0 Å². The molecule has 0 radical (unpaired) electrons. The fourth-order valence-corrected chi connectivity index (χ4v) is 2.87. The Labute approximate surface area is 149 Å². The van der Waals surface area contributed by atoms with Crippen molar-refractivity contribution in [1.29, 1.82) is 0 Å². The molecule has 2 aromatic rings. The molecule has 3 rings (SSSR count). The minimum atomic E-state index is -0.657. The molecule has 0 unspecified atom stereocenters. The van der Waals surface area contributed by atoms with Crippen LogP contribution in [-0.4, -0.2) is 36.9 Å². The van der Waals surface area contributed by atoms with E-state index in [0.29, 0.717) is 23.5 Å². The molecule has 1 atom stereocenters. The Kier molecular flexibility index (Phi) is 5.16. The summed E-state index contributed by atoms with van der Waals surface area (Å²) in [6, 6.07) is 9.61. The molecule has 1 heterocycles. The van der Waals surface area contributed by atoms with Gasteiger partial charge in [0.25, 0.3) is 0 Å². The molecule has 5 nitrogen and oxygen atoms in total. The number of halogens is 2. The van der Waals surface area contributed by atoms with Gasteiger partial charge in [-0.2, -0.15) is 0 Å². The topological polar surface area (TPSA) is 58.6 Å². The van der Waals surface area contributed by atoms with Crippen LogP contribution in [-0.2, 0) is 9.59 Å². The summed E-state index contributed by atoms with van der Waals surface area (Å²) in [5, 5.41) is 2.59. The monoisotopic (exact) mass is 360 g/mol. The summed E-state index contributed by atoms with van der Waals surface area (Å²) in [5.41, 5.74) is 0.929. The zero-order valence-corrected chi connectivity index (χ0v) is 14.2. The summed E-state index contributed by atoms with van der Waals surface area (Å²) in [6.45, 7) is 0.522. The third kappa shape index (κ3) is 3.99. The molecule has 0 aliphatic carbocycles. The highest BCUT2D eigenvalue weighted by atomic mass is 19.1. The second kappa shape index (κ2) is 7.51. The van der Waals surface area contributed by atoms with E-state index in [1.165, 1.54) is 47.4 Å². The highest BCUT2D eigenvalue weighted by Gasteiger charge is 2.32. The van der Waals surface area contributed by atoms with Crippen molar-refractivity contribution in [3.63, 3.8) is 0 Å². The lowest BCUT2D eigenvalue weighted by atomic mass is 9.89. The van der Waals surface area contributed by atoms with Gasteiger partial charge in [0.1, 0.15) is 24.0 Å². The number of carbonyl (C=O) groups excluding carboxylic acids is 2. The number of amides is 2. The van der Waals surface area contributed by atoms with Crippen LogP contribution >= 0.6 is 0 Å². The fraction of sp³-hybridized carbons (Fsp3) is 0.263. The van der Waals surface area contributed by atoms with Crippen LogP contribution in [0.15, 0.2) is 42.5 Å². The van der Waals surface area contributed by atoms with E-state index in [-0.39, 0.29) is 30.7 Å². The molecule has 0 fully saturated rings. The summed E-state index contributed by atoms with van der Waals surface area (Å²) >= 11 is 0. The van der Waals surface area contributed by atoms with Crippen molar-refractivity contribution in [1.82, 2.24) is 4.90 Å². The minimum absolute atomic E-state index is 0.0145. The van der Waals surface area contributed by atoms with E-state index in [2.05, 4.69) is 5.32 Å². The predicted molar refractivity (Wildman–Crippen MR) is 91.9 cm³/mol. The number of fused-ring (bicyclic) bond motifs is 1. The zero-order valence-electron chi connectivity index (χ0n) is 14.2. The average Bonchev–Trinajstić information content (AvgIpc) is 2.61. The van der Waals surface area contributed by atoms with E-state index in [4.69, 9.17) is 4.74 Å². The largest absolute Gasteiger partial charge is 0.492 e. The summed E-state index contributed by atoms with van der Waals surface area (Å²) < 4.78 is 31.7. The Hall–Kier alpha value is -2.96. The lowest BCUT2D eigenvalue weighted by molar-refractivity contribution is -0.134. The van der Waals surface area contributed by atoms with Crippen molar-refractivity contribution in [3.8, 4) is 5.75 Å². The standard InChI is InChI=1S/C19H18F2N2O3/c1-23(8-9-26-14-5-2-12(20)3-6-14)19(25)16-11-18(24)22-17-10-13(21)4-7-15(16)17/h2-7,10,16H,8-9,11H2,1H3,(H,22,24)/t16-/m1/s1. The molecular weight excluding hydrogens is 342 g/mol. The first kappa shape index (κ1) is 17.8. The average molecular weight is 360 g/mol. The van der Waals surface area contributed by atoms with Crippen molar-refractivity contribution in [2.24, 2.45) is 0 Å². The van der Waals surface area contributed by atoms with E-state index in [0.717, 1.165) is 0 Å². The number of nitrogens with zero attached hydrogens (tertiary/aromatic N) is 1. The number of rotatable bonds is 5. The molecule has 2 aromatic carbocycles. The number of carbonyl (C=O) groups is 2. The van der Waals surface area contributed by atoms with Gasteiger partial charge in [-0.25, -0.2) is 8.78 Å². The van der Waals surface area contributed by atoms with Crippen LogP contribution in [0.2, 0.25) is 0 Å². The highest BCUT2D eigenvalue weighted by molar-refractivity contribution is 6.01. The second-order valence-corrected chi connectivity index (χ2v) is 6.10. The van der Waals surface area contributed by atoms with Crippen LogP contribution in [0.4, 0.5) is 14.5 Å². The summed E-state index contributed by atoms with van der Waals surface area (Å²) in [5.74, 6) is -1.54. The van der Waals surface area contributed by atoms with Crippen LogP contribution in [0.25, 0.3) is 0 Å². The SMILES string of the molecule is CN(CCOc1ccc(F)cc1)C(=O)[C@@H]1CC(=O)Nc2cc(F)ccc21. The van der Waals surface area contributed by atoms with Gasteiger partial charge in [0.05, 0.1) is 12.5 Å². The van der Waals surface area contributed by atoms with Gasteiger partial charge >= 0.3 is 0 Å². The Bertz CT molecular complexity index is 824. The maximum absolute atomic E-state index is 13.4. The van der Waals surface area contributed by atoms with Gasteiger partial charge in [-0.1, -0.05) is 6.07 Å². The van der Waals surface area contributed by atoms with Gasteiger partial charge in [0.15, 0.2) is 0 Å². The van der Waals surface area contributed by atoms with Crippen molar-refractivity contribution >= 4 is 17.5 Å². The Morgan fingerprint density at radius 2 is 1.88 bits per heavy atom. The van der Waals surface area contributed by atoms with Crippen molar-refractivity contribution in [2.75, 3.05) is 25.5 Å². The molecule has 0 saturated heterocycles. The van der Waals surface area contributed by atoms with Crippen LogP contribution in [0, 0.1) is 11.6 Å². The molecule has 136 valence electrons. The minimum Gasteiger partial charge on any atom is -0.492 e. The van der Waals surface area contributed by atoms with Crippen molar-refractivity contribution < 1.29 is 23.1 Å². The molecular formula is C19H18F2N2O3. The third-order valence-corrected chi connectivity index (χ3v) is 4.24. The molecule has 1 aliphatic heterocycles. The highest BCUT2D eigenvalue weighted by Crippen LogP contribution is 2.33. The van der Waals surface area contributed by atoms with Crippen molar-refractivity contribution in [3.05, 3.63) is 59.7 Å². The number of hydrogen-bond donors (Lipinski definition) is 1. The number of likely N-dealkylation sites (N-methyl/N-ethyl adjacent to an activating group) is 1. The quantitative estimate of drug-likeness (QED) is 0.892. The molecule has 0 aromatic heterocycles. The maximum atomic E-state index is 13.4. The van der Waals surface area contributed by atoms with Gasteiger partial charge in [-0.15, -0.1) is 0 Å². The number of ether oxygens (including phenoxy) is 1. The number of anilines is 1. The smallest absolute Gasteiger partial charge is 0.230 e. The summed E-state index contributed by atoms with van der Waals surface area (Å²) in [4.78, 5) is 26.0. The van der Waals surface area contributed by atoms with E-state index >= 15 is 0 Å². The molecule has 0 spiro atoms. The van der Waals surface area contributed by atoms with Crippen LogP contribution < -0.4 is 10.1 Å². The van der Waals surface area contributed by atoms with Gasteiger partial charge in [0.2, 0.25) is 11.8 Å². The number of benzene rings is 2. The first-order chi connectivity index (χ1) is 12.4. The molecule has 0 saturated carbocycles. The third-order valence-electron chi connectivity index (χ3n) is 4.24. The molecule has 1 aliphatic rings. The summed E-state index contributed by atoms with van der Waals surface area (Å²) in [7, 11) is 1.62. The van der Waals surface area contributed by atoms with E-state index in [1.54, 1.807) is 7.05 Å². The molecule has 2 amide bonds. The predicted octanol–water partition coefficient (Wildman–Crippen LogP) is 2.93. The zero-order chi connectivity index (χ0) is 18.7. The van der Waals surface area contributed by atoms with Gasteiger partial charge in [-0.3, -0.25) is 9.59 Å². The second-order valence-electron chi connectivity index (χ2n) is 6.10. The Balaban J connectivity index is 1.63. The van der Waals surface area contributed by atoms with E-state index < -0.39 is 11.7 Å². The lowest BCUT2D eigenvalue weighted by Gasteiger charge is -2.28. The van der Waals surface area contributed by atoms with E-state index in [9.17, 15) is 18.4 Å². The Morgan fingerprint density at radius 1 is 1.19 bits per heavy atom. The van der Waals surface area contributed by atoms with E-state index in [1.807, 2.05) is 0 Å². The molecule has 7 heteroatoms. The lowest BCUT2D eigenvalue weighted by Crippen LogP contribution is -2.38. The van der Waals surface area contributed by atoms with Crippen molar-refractivity contribution in [2.45, 2.75) is 12.3 Å². The molecule has 1 N–H and O–H groups in total.